The first-order valence-electron chi connectivity index (χ1n) is 9.65. The van der Waals surface area contributed by atoms with E-state index in [1.165, 1.54) is 18.6 Å². The molecule has 0 unspecified atom stereocenters. The molecule has 2 aromatic carbocycles. The highest BCUT2D eigenvalue weighted by Gasteiger charge is 2.22. The van der Waals surface area contributed by atoms with Crippen molar-refractivity contribution in [2.24, 2.45) is 0 Å². The number of para-hydroxylation sites is 1. The van der Waals surface area contributed by atoms with Crippen molar-refractivity contribution in [2.75, 3.05) is 11.9 Å². The number of rotatable bonds is 7. The molecule has 1 amide bonds. The molecule has 0 spiro atoms. The lowest BCUT2D eigenvalue weighted by atomic mass is 9.96. The Morgan fingerprint density at radius 1 is 1.04 bits per heavy atom. The maximum absolute atomic E-state index is 12.6. The van der Waals surface area contributed by atoms with Crippen LogP contribution in [0.4, 0.5) is 5.69 Å². The Balaban J connectivity index is 1.68. The van der Waals surface area contributed by atoms with Crippen molar-refractivity contribution in [1.82, 2.24) is 4.72 Å². The Bertz CT molecular complexity index is 904. The average Bonchev–Trinajstić information content (AvgIpc) is 2.69. The quantitative estimate of drug-likeness (QED) is 0.734. The van der Waals surface area contributed by atoms with E-state index in [2.05, 4.69) is 10.0 Å². The molecule has 0 bridgehead atoms. The summed E-state index contributed by atoms with van der Waals surface area (Å²) in [6.07, 6.45) is 5.04. The first kappa shape index (κ1) is 20.4. The topological polar surface area (TPSA) is 84.5 Å². The highest BCUT2D eigenvalue weighted by molar-refractivity contribution is 7.89. The highest BCUT2D eigenvalue weighted by Crippen LogP contribution is 2.22. The van der Waals surface area contributed by atoms with E-state index in [-0.39, 0.29) is 16.8 Å². The van der Waals surface area contributed by atoms with E-state index in [1.54, 1.807) is 36.4 Å². The summed E-state index contributed by atoms with van der Waals surface area (Å²) in [5.41, 5.74) is 0.952. The fourth-order valence-corrected chi connectivity index (χ4v) is 4.66. The molecule has 28 heavy (non-hydrogen) atoms. The normalized spacial score (nSPS) is 15.2. The van der Waals surface area contributed by atoms with E-state index >= 15 is 0 Å². The molecule has 3 rings (SSSR count). The van der Waals surface area contributed by atoms with Crippen molar-refractivity contribution in [3.63, 3.8) is 0 Å². The van der Waals surface area contributed by atoms with Crippen molar-refractivity contribution in [3.8, 4) is 5.75 Å². The summed E-state index contributed by atoms with van der Waals surface area (Å²) in [5.74, 6) is 0.207. The van der Waals surface area contributed by atoms with Crippen LogP contribution in [0.15, 0.2) is 53.4 Å². The van der Waals surface area contributed by atoms with Crippen LogP contribution in [-0.2, 0) is 10.0 Å². The number of carbonyl (C=O) groups is 1. The zero-order valence-electron chi connectivity index (χ0n) is 16.0. The van der Waals surface area contributed by atoms with Gasteiger partial charge < -0.3 is 10.1 Å². The molecule has 0 radical (unpaired) electrons. The standard InChI is InChI=1S/C21H26N2O4S/c1-2-27-20-11-7-6-10-19(20)21(24)22-16-12-14-18(15-13-16)28(25,26)23-17-8-4-3-5-9-17/h6-7,10-15,17,23H,2-5,8-9H2,1H3,(H,22,24). The number of benzene rings is 2. The third kappa shape index (κ3) is 5.11. The number of hydrogen-bond donors (Lipinski definition) is 2. The smallest absolute Gasteiger partial charge is 0.259 e. The minimum Gasteiger partial charge on any atom is -0.493 e. The van der Waals surface area contributed by atoms with Crippen LogP contribution in [0.25, 0.3) is 0 Å². The summed E-state index contributed by atoms with van der Waals surface area (Å²) >= 11 is 0. The van der Waals surface area contributed by atoms with Gasteiger partial charge in [-0.15, -0.1) is 0 Å². The molecular formula is C21H26N2O4S. The van der Waals surface area contributed by atoms with Crippen LogP contribution in [0, 0.1) is 0 Å². The molecule has 0 heterocycles. The van der Waals surface area contributed by atoms with E-state index in [0.717, 1.165) is 25.7 Å². The van der Waals surface area contributed by atoms with Gasteiger partial charge in [-0.3, -0.25) is 4.79 Å². The molecule has 2 N–H and O–H groups in total. The number of ether oxygens (including phenoxy) is 1. The van der Waals surface area contributed by atoms with Crippen LogP contribution >= 0.6 is 0 Å². The summed E-state index contributed by atoms with van der Waals surface area (Å²) in [7, 11) is -3.55. The molecule has 0 aromatic heterocycles. The van der Waals surface area contributed by atoms with Crippen molar-refractivity contribution in [2.45, 2.75) is 50.0 Å². The SMILES string of the molecule is CCOc1ccccc1C(=O)Nc1ccc(S(=O)(=O)NC2CCCCC2)cc1. The van der Waals surface area contributed by atoms with E-state index in [4.69, 9.17) is 4.74 Å². The van der Waals surface area contributed by atoms with Gasteiger partial charge in [0.2, 0.25) is 10.0 Å². The van der Waals surface area contributed by atoms with Gasteiger partial charge in [0.05, 0.1) is 17.1 Å². The van der Waals surface area contributed by atoms with Gasteiger partial charge in [0.25, 0.3) is 5.91 Å². The lowest BCUT2D eigenvalue weighted by Crippen LogP contribution is -2.36. The fraction of sp³-hybridized carbons (Fsp3) is 0.381. The molecule has 0 saturated heterocycles. The van der Waals surface area contributed by atoms with E-state index in [9.17, 15) is 13.2 Å². The number of sulfonamides is 1. The molecule has 1 aliphatic carbocycles. The predicted molar refractivity (Wildman–Crippen MR) is 109 cm³/mol. The van der Waals surface area contributed by atoms with Crippen LogP contribution in [0.1, 0.15) is 49.4 Å². The number of anilines is 1. The van der Waals surface area contributed by atoms with Gasteiger partial charge in [0.1, 0.15) is 5.75 Å². The molecule has 1 aliphatic rings. The summed E-state index contributed by atoms with van der Waals surface area (Å²) in [6, 6.07) is 13.2. The first-order valence-corrected chi connectivity index (χ1v) is 11.1. The van der Waals surface area contributed by atoms with Crippen LogP contribution in [0.2, 0.25) is 0 Å². The second-order valence-corrected chi connectivity index (χ2v) is 8.58. The second kappa shape index (κ2) is 9.21. The minimum absolute atomic E-state index is 0.00759. The van der Waals surface area contributed by atoms with Crippen molar-refractivity contribution >= 4 is 21.6 Å². The van der Waals surface area contributed by atoms with Crippen LogP contribution in [-0.4, -0.2) is 27.0 Å². The second-order valence-electron chi connectivity index (χ2n) is 6.86. The summed E-state index contributed by atoms with van der Waals surface area (Å²) in [5, 5.41) is 2.78. The van der Waals surface area contributed by atoms with Gasteiger partial charge >= 0.3 is 0 Å². The Labute approximate surface area is 166 Å². The molecule has 0 atom stereocenters. The largest absolute Gasteiger partial charge is 0.493 e. The summed E-state index contributed by atoms with van der Waals surface area (Å²) < 4.78 is 33.4. The van der Waals surface area contributed by atoms with Crippen molar-refractivity contribution in [3.05, 3.63) is 54.1 Å². The Kier molecular flexibility index (Phi) is 6.70. The van der Waals surface area contributed by atoms with Gasteiger partial charge in [-0.25, -0.2) is 13.1 Å². The monoisotopic (exact) mass is 402 g/mol. The molecule has 1 fully saturated rings. The zero-order valence-corrected chi connectivity index (χ0v) is 16.8. The van der Waals surface area contributed by atoms with Gasteiger partial charge in [-0.2, -0.15) is 0 Å². The third-order valence-electron chi connectivity index (χ3n) is 4.78. The third-order valence-corrected chi connectivity index (χ3v) is 6.32. The van der Waals surface area contributed by atoms with Gasteiger partial charge in [0, 0.05) is 11.7 Å². The van der Waals surface area contributed by atoms with E-state index < -0.39 is 10.0 Å². The number of nitrogens with one attached hydrogen (secondary N) is 2. The summed E-state index contributed by atoms with van der Waals surface area (Å²) in [6.45, 7) is 2.32. The van der Waals surface area contributed by atoms with Gasteiger partial charge in [-0.1, -0.05) is 31.4 Å². The fourth-order valence-electron chi connectivity index (χ4n) is 3.36. The zero-order chi connectivity index (χ0) is 20.0. The maximum atomic E-state index is 12.6. The molecule has 0 aliphatic heterocycles. The Morgan fingerprint density at radius 3 is 2.39 bits per heavy atom. The molecule has 150 valence electrons. The lowest BCUT2D eigenvalue weighted by molar-refractivity contribution is 0.102. The number of hydrogen-bond acceptors (Lipinski definition) is 4. The van der Waals surface area contributed by atoms with Crippen LogP contribution < -0.4 is 14.8 Å². The van der Waals surface area contributed by atoms with E-state index in [0.29, 0.717) is 23.6 Å². The Morgan fingerprint density at radius 2 is 1.71 bits per heavy atom. The van der Waals surface area contributed by atoms with Crippen molar-refractivity contribution in [1.29, 1.82) is 0 Å². The Hall–Kier alpha value is -2.38. The number of carbonyl (C=O) groups excluding carboxylic acids is 1. The highest BCUT2D eigenvalue weighted by atomic mass is 32.2. The first-order chi connectivity index (χ1) is 13.5. The molecule has 7 heteroatoms. The van der Waals surface area contributed by atoms with Gasteiger partial charge in [0.15, 0.2) is 0 Å². The lowest BCUT2D eigenvalue weighted by Gasteiger charge is -2.22. The average molecular weight is 403 g/mol. The molecule has 2 aromatic rings. The van der Waals surface area contributed by atoms with Crippen LogP contribution in [0.3, 0.4) is 0 Å². The molecule has 1 saturated carbocycles. The van der Waals surface area contributed by atoms with E-state index in [1.807, 2.05) is 6.92 Å². The summed E-state index contributed by atoms with van der Waals surface area (Å²) in [4.78, 5) is 12.7. The maximum Gasteiger partial charge on any atom is 0.259 e. The van der Waals surface area contributed by atoms with Gasteiger partial charge in [-0.05, 0) is 56.2 Å². The van der Waals surface area contributed by atoms with Crippen LogP contribution in [0.5, 0.6) is 5.75 Å². The molecule has 6 nitrogen and oxygen atoms in total. The minimum atomic E-state index is -3.55. The number of amides is 1. The molecular weight excluding hydrogens is 376 g/mol. The van der Waals surface area contributed by atoms with Crippen molar-refractivity contribution < 1.29 is 17.9 Å². The predicted octanol–water partition coefficient (Wildman–Crippen LogP) is 3.95.